The van der Waals surface area contributed by atoms with Gasteiger partial charge in [-0.1, -0.05) is 12.1 Å². The van der Waals surface area contributed by atoms with Crippen molar-refractivity contribution in [2.75, 3.05) is 61.2 Å². The van der Waals surface area contributed by atoms with Gasteiger partial charge in [-0.05, 0) is 26.0 Å². The summed E-state index contributed by atoms with van der Waals surface area (Å²) in [6.07, 6.45) is -0.872. The number of nitrogens with zero attached hydrogens (tertiary/aromatic N) is 2. The van der Waals surface area contributed by atoms with Crippen LogP contribution in [0, 0.1) is 0 Å². The van der Waals surface area contributed by atoms with E-state index in [0.29, 0.717) is 55.1 Å². The van der Waals surface area contributed by atoms with Gasteiger partial charge in [0.1, 0.15) is 17.2 Å². The number of fused-ring (bicyclic) bond motifs is 1. The number of benzene rings is 2. The second-order valence-corrected chi connectivity index (χ2v) is 7.97. The van der Waals surface area contributed by atoms with Crippen LogP contribution in [0.1, 0.15) is 20.8 Å². The molecule has 1 N–H and O–H groups in total. The number of anilines is 3. The van der Waals surface area contributed by atoms with E-state index in [4.69, 9.17) is 18.9 Å². The predicted octanol–water partition coefficient (Wildman–Crippen LogP) is 3.07. The fraction of sp³-hybridized carbons (Fsp3) is 0.440. The lowest BCUT2D eigenvalue weighted by Crippen LogP contribution is -2.48. The second-order valence-electron chi connectivity index (χ2n) is 7.97. The summed E-state index contributed by atoms with van der Waals surface area (Å²) in [4.78, 5) is 29.2. The fourth-order valence-corrected chi connectivity index (χ4v) is 4.13. The number of carbonyl (C=O) groups excluding carboxylic acids is 2. The molecular formula is C25H31N3O6. The Labute approximate surface area is 199 Å². The Kier molecular flexibility index (Phi) is 7.42. The minimum atomic E-state index is -0.872. The van der Waals surface area contributed by atoms with Crippen LogP contribution < -0.4 is 29.3 Å². The summed E-state index contributed by atoms with van der Waals surface area (Å²) >= 11 is 0. The minimum absolute atomic E-state index is 0.117. The quantitative estimate of drug-likeness (QED) is 0.667. The molecular weight excluding hydrogens is 438 g/mol. The fourth-order valence-electron chi connectivity index (χ4n) is 4.13. The van der Waals surface area contributed by atoms with Crippen LogP contribution in [0.15, 0.2) is 36.4 Å². The van der Waals surface area contributed by atoms with Crippen LogP contribution in [0.2, 0.25) is 0 Å². The Morgan fingerprint density at radius 1 is 1.03 bits per heavy atom. The highest BCUT2D eigenvalue weighted by Crippen LogP contribution is 2.40. The summed E-state index contributed by atoms with van der Waals surface area (Å²) in [6.45, 7) is 9.09. The highest BCUT2D eigenvalue weighted by atomic mass is 16.5. The zero-order chi connectivity index (χ0) is 24.1. The van der Waals surface area contributed by atoms with Gasteiger partial charge in [0, 0.05) is 32.1 Å². The normalized spacial score (nSPS) is 17.4. The first-order chi connectivity index (χ1) is 16.5. The third-order valence-electron chi connectivity index (χ3n) is 5.72. The third kappa shape index (κ3) is 5.04. The molecule has 2 heterocycles. The van der Waals surface area contributed by atoms with Gasteiger partial charge in [0.05, 0.1) is 50.0 Å². The van der Waals surface area contributed by atoms with Gasteiger partial charge < -0.3 is 34.1 Å². The van der Waals surface area contributed by atoms with Crippen molar-refractivity contribution in [3.8, 4) is 17.2 Å². The monoisotopic (exact) mass is 469 g/mol. The number of hydrogen-bond donors (Lipinski definition) is 1. The number of hydrogen-bond acceptors (Lipinski definition) is 7. The largest absolute Gasteiger partial charge is 0.492 e. The first-order valence-corrected chi connectivity index (χ1v) is 11.6. The van der Waals surface area contributed by atoms with Crippen molar-refractivity contribution in [1.82, 2.24) is 0 Å². The molecule has 0 spiro atoms. The molecule has 2 amide bonds. The van der Waals surface area contributed by atoms with E-state index in [2.05, 4.69) is 10.2 Å². The first kappa shape index (κ1) is 23.7. The summed E-state index contributed by atoms with van der Waals surface area (Å²) in [5.41, 5.74) is 2.05. The van der Waals surface area contributed by atoms with Gasteiger partial charge in [-0.15, -0.1) is 0 Å². The Morgan fingerprint density at radius 3 is 2.44 bits per heavy atom. The number of ether oxygens (including phenoxy) is 4. The number of para-hydroxylation sites is 2. The molecule has 34 heavy (non-hydrogen) atoms. The van der Waals surface area contributed by atoms with Crippen molar-refractivity contribution in [2.45, 2.75) is 26.9 Å². The maximum Gasteiger partial charge on any atom is 0.267 e. The highest BCUT2D eigenvalue weighted by molar-refractivity contribution is 6.00. The van der Waals surface area contributed by atoms with E-state index in [1.54, 1.807) is 23.1 Å². The number of rotatable bonds is 7. The van der Waals surface area contributed by atoms with Crippen LogP contribution in [-0.4, -0.2) is 64.0 Å². The molecule has 0 unspecified atom stereocenters. The molecule has 0 aliphatic carbocycles. The van der Waals surface area contributed by atoms with Crippen molar-refractivity contribution in [3.05, 3.63) is 36.4 Å². The van der Waals surface area contributed by atoms with Crippen LogP contribution in [0.4, 0.5) is 17.1 Å². The van der Waals surface area contributed by atoms with Gasteiger partial charge in [0.25, 0.3) is 5.91 Å². The van der Waals surface area contributed by atoms with Gasteiger partial charge in [0.15, 0.2) is 6.10 Å². The first-order valence-electron chi connectivity index (χ1n) is 11.6. The summed E-state index contributed by atoms with van der Waals surface area (Å²) in [6, 6.07) is 10.9. The summed E-state index contributed by atoms with van der Waals surface area (Å²) in [5.74, 6) is 1.16. The highest BCUT2D eigenvalue weighted by Gasteiger charge is 2.33. The molecule has 2 aromatic rings. The molecule has 1 atom stereocenters. The maximum absolute atomic E-state index is 13.3. The molecule has 0 saturated carbocycles. The summed E-state index contributed by atoms with van der Waals surface area (Å²) < 4.78 is 23.2. The summed E-state index contributed by atoms with van der Waals surface area (Å²) in [7, 11) is 0. The lowest BCUT2D eigenvalue weighted by atomic mass is 10.1. The molecule has 9 nitrogen and oxygen atoms in total. The molecule has 2 aliphatic rings. The number of nitrogens with one attached hydrogen (secondary N) is 1. The molecule has 1 fully saturated rings. The van der Waals surface area contributed by atoms with Crippen LogP contribution in [0.5, 0.6) is 17.2 Å². The van der Waals surface area contributed by atoms with Gasteiger partial charge in [0.2, 0.25) is 5.91 Å². The van der Waals surface area contributed by atoms with Crippen LogP contribution in [-0.2, 0) is 14.3 Å². The maximum atomic E-state index is 13.3. The van der Waals surface area contributed by atoms with Gasteiger partial charge in [-0.25, -0.2) is 0 Å². The standard InChI is InChI=1S/C25H31N3O6/c1-4-32-22-15-20(27-10-12-31-13-11-27)23(33-5-2)14-18(22)26-25(30)24-16-28(17(3)29)19-8-6-7-9-21(19)34-24/h6-9,14-15,24H,4-5,10-13,16H2,1-3H3,(H,26,30)/t24-/m1/s1. The smallest absolute Gasteiger partial charge is 0.267 e. The molecule has 4 rings (SSSR count). The minimum Gasteiger partial charge on any atom is -0.492 e. The van der Waals surface area contributed by atoms with Crippen molar-refractivity contribution < 1.29 is 28.5 Å². The van der Waals surface area contributed by atoms with E-state index in [-0.39, 0.29) is 18.4 Å². The second kappa shape index (κ2) is 10.6. The number of carbonyl (C=O) groups is 2. The Bertz CT molecular complexity index is 1040. The van der Waals surface area contributed by atoms with Crippen LogP contribution in [0.25, 0.3) is 0 Å². The predicted molar refractivity (Wildman–Crippen MR) is 129 cm³/mol. The van der Waals surface area contributed by atoms with E-state index in [1.807, 2.05) is 32.0 Å². The van der Waals surface area contributed by atoms with E-state index in [1.165, 1.54) is 6.92 Å². The Hall–Kier alpha value is -3.46. The Balaban J connectivity index is 1.61. The molecule has 1 saturated heterocycles. The van der Waals surface area contributed by atoms with Crippen molar-refractivity contribution >= 4 is 28.9 Å². The SMILES string of the molecule is CCOc1cc(N2CCOCC2)c(OCC)cc1NC(=O)[C@H]1CN(C(C)=O)c2ccccc2O1. The lowest BCUT2D eigenvalue weighted by Gasteiger charge is -2.34. The van der Waals surface area contributed by atoms with E-state index >= 15 is 0 Å². The van der Waals surface area contributed by atoms with Gasteiger partial charge in [-0.3, -0.25) is 9.59 Å². The molecule has 0 bridgehead atoms. The lowest BCUT2D eigenvalue weighted by molar-refractivity contribution is -0.123. The van der Waals surface area contributed by atoms with Crippen molar-refractivity contribution in [1.29, 1.82) is 0 Å². The number of amides is 2. The molecule has 2 aliphatic heterocycles. The zero-order valence-corrected chi connectivity index (χ0v) is 19.8. The van der Waals surface area contributed by atoms with Crippen LogP contribution >= 0.6 is 0 Å². The molecule has 182 valence electrons. The van der Waals surface area contributed by atoms with E-state index < -0.39 is 6.10 Å². The van der Waals surface area contributed by atoms with Gasteiger partial charge >= 0.3 is 0 Å². The van der Waals surface area contributed by atoms with E-state index in [9.17, 15) is 9.59 Å². The average Bonchev–Trinajstić information content (AvgIpc) is 2.85. The Morgan fingerprint density at radius 2 is 1.74 bits per heavy atom. The molecule has 9 heteroatoms. The molecule has 2 aromatic carbocycles. The average molecular weight is 470 g/mol. The third-order valence-corrected chi connectivity index (χ3v) is 5.72. The molecule has 0 aromatic heterocycles. The van der Waals surface area contributed by atoms with Gasteiger partial charge in [-0.2, -0.15) is 0 Å². The van der Waals surface area contributed by atoms with Crippen molar-refractivity contribution in [2.24, 2.45) is 0 Å². The van der Waals surface area contributed by atoms with Crippen molar-refractivity contribution in [3.63, 3.8) is 0 Å². The number of morpholine rings is 1. The topological polar surface area (TPSA) is 89.6 Å². The van der Waals surface area contributed by atoms with Crippen LogP contribution in [0.3, 0.4) is 0 Å². The zero-order valence-electron chi connectivity index (χ0n) is 19.8. The van der Waals surface area contributed by atoms with E-state index in [0.717, 1.165) is 18.8 Å². The summed E-state index contributed by atoms with van der Waals surface area (Å²) in [5, 5.41) is 2.93. The molecule has 0 radical (unpaired) electrons.